The summed E-state index contributed by atoms with van der Waals surface area (Å²) in [6, 6.07) is 6.37. The maximum absolute atomic E-state index is 13.4. The lowest BCUT2D eigenvalue weighted by Crippen LogP contribution is -2.68. The van der Waals surface area contributed by atoms with Crippen molar-refractivity contribution in [3.8, 4) is 0 Å². The molecule has 3 heterocycles. The lowest BCUT2D eigenvalue weighted by molar-refractivity contribution is -0.223. The SMILES string of the molecule is Cc1ccc2c(cnn2CC23CC(C(=O)N4N=CCC4c4cnc(C)nc4)(C2)C3)c1. The summed E-state index contributed by atoms with van der Waals surface area (Å²) < 4.78 is 2.11. The number of fused-ring (bicyclic) bond motifs is 1. The van der Waals surface area contributed by atoms with Gasteiger partial charge in [0.15, 0.2) is 0 Å². The predicted octanol–water partition coefficient (Wildman–Crippen LogP) is 3.57. The number of carbonyl (C=O) groups is 1. The van der Waals surface area contributed by atoms with Crippen LogP contribution in [0.5, 0.6) is 0 Å². The topological polar surface area (TPSA) is 76.3 Å². The molecule has 3 saturated carbocycles. The molecule has 1 aromatic carbocycles. The van der Waals surface area contributed by atoms with Gasteiger partial charge in [-0.05, 0) is 50.7 Å². The molecule has 0 radical (unpaired) electrons. The summed E-state index contributed by atoms with van der Waals surface area (Å²) >= 11 is 0. The van der Waals surface area contributed by atoms with Crippen LogP contribution >= 0.6 is 0 Å². The van der Waals surface area contributed by atoms with Gasteiger partial charge >= 0.3 is 0 Å². The number of benzene rings is 1. The smallest absolute Gasteiger partial charge is 0.249 e. The first-order valence-corrected chi connectivity index (χ1v) is 10.5. The first-order chi connectivity index (χ1) is 14.5. The van der Waals surface area contributed by atoms with Gasteiger partial charge in [-0.1, -0.05) is 11.6 Å². The first-order valence-electron chi connectivity index (χ1n) is 10.5. The predicted molar refractivity (Wildman–Crippen MR) is 113 cm³/mol. The van der Waals surface area contributed by atoms with E-state index in [4.69, 9.17) is 0 Å². The molecule has 1 amide bonds. The van der Waals surface area contributed by atoms with E-state index in [1.54, 1.807) is 5.01 Å². The molecule has 3 aliphatic carbocycles. The molecule has 4 aliphatic rings. The highest BCUT2D eigenvalue weighted by molar-refractivity contribution is 5.88. The molecule has 1 aliphatic heterocycles. The van der Waals surface area contributed by atoms with E-state index in [2.05, 4.69) is 50.0 Å². The van der Waals surface area contributed by atoms with Crippen LogP contribution in [0.4, 0.5) is 0 Å². The molecule has 0 N–H and O–H groups in total. The standard InChI is InChI=1S/C23H24N6O/c1-15-3-4-19-17(7-15)10-27-28(19)14-22-11-23(12-22,13-22)21(30)29-20(5-6-26-29)18-8-24-16(2)25-9-18/h3-4,6-10,20H,5,11-14H2,1-2H3. The Morgan fingerprint density at radius 2 is 1.90 bits per heavy atom. The normalized spacial score (nSPS) is 29.1. The van der Waals surface area contributed by atoms with Crippen molar-refractivity contribution in [2.24, 2.45) is 15.9 Å². The van der Waals surface area contributed by atoms with Gasteiger partial charge in [0, 0.05) is 42.5 Å². The summed E-state index contributed by atoms with van der Waals surface area (Å²) in [7, 11) is 0. The van der Waals surface area contributed by atoms with Crippen LogP contribution in [0, 0.1) is 24.7 Å². The van der Waals surface area contributed by atoms with Crippen molar-refractivity contribution in [1.29, 1.82) is 0 Å². The van der Waals surface area contributed by atoms with Gasteiger partial charge in [0.25, 0.3) is 0 Å². The Kier molecular flexibility index (Phi) is 3.53. The van der Waals surface area contributed by atoms with Crippen molar-refractivity contribution in [2.75, 3.05) is 0 Å². The van der Waals surface area contributed by atoms with Crippen LogP contribution < -0.4 is 0 Å². The van der Waals surface area contributed by atoms with Crippen molar-refractivity contribution < 1.29 is 4.79 Å². The largest absolute Gasteiger partial charge is 0.272 e. The Morgan fingerprint density at radius 3 is 2.67 bits per heavy atom. The average Bonchev–Trinajstić information content (AvgIpc) is 3.30. The zero-order chi connectivity index (χ0) is 20.5. The molecule has 7 heteroatoms. The van der Waals surface area contributed by atoms with E-state index in [9.17, 15) is 4.79 Å². The Hall–Kier alpha value is -3.09. The number of hydrogen-bond donors (Lipinski definition) is 0. The van der Waals surface area contributed by atoms with E-state index in [-0.39, 0.29) is 22.8 Å². The van der Waals surface area contributed by atoms with Crippen molar-refractivity contribution in [1.82, 2.24) is 24.8 Å². The minimum Gasteiger partial charge on any atom is -0.272 e. The zero-order valence-corrected chi connectivity index (χ0v) is 17.2. The van der Waals surface area contributed by atoms with Crippen LogP contribution in [-0.2, 0) is 11.3 Å². The number of rotatable bonds is 4. The van der Waals surface area contributed by atoms with Gasteiger partial charge in [-0.2, -0.15) is 10.2 Å². The minimum absolute atomic E-state index is 0.0821. The summed E-state index contributed by atoms with van der Waals surface area (Å²) in [5, 5.41) is 11.9. The molecule has 2 aromatic heterocycles. The minimum atomic E-state index is -0.245. The zero-order valence-electron chi connectivity index (χ0n) is 17.2. The summed E-state index contributed by atoms with van der Waals surface area (Å²) in [5.41, 5.74) is 3.33. The molecule has 7 rings (SSSR count). The molecular formula is C23H24N6O. The Bertz CT molecular complexity index is 1170. The molecule has 1 unspecified atom stereocenters. The van der Waals surface area contributed by atoms with Gasteiger partial charge in [-0.15, -0.1) is 0 Å². The van der Waals surface area contributed by atoms with Gasteiger partial charge in [-0.3, -0.25) is 9.48 Å². The molecule has 0 spiro atoms. The maximum atomic E-state index is 13.4. The van der Waals surface area contributed by atoms with Crippen LogP contribution in [0.1, 0.15) is 48.7 Å². The van der Waals surface area contributed by atoms with Crippen LogP contribution in [0.25, 0.3) is 10.9 Å². The molecule has 3 aromatic rings. The quantitative estimate of drug-likeness (QED) is 0.671. The molecule has 2 bridgehead atoms. The summed E-state index contributed by atoms with van der Waals surface area (Å²) in [6.45, 7) is 4.85. The first kappa shape index (κ1) is 17.7. The van der Waals surface area contributed by atoms with Crippen LogP contribution in [0.2, 0.25) is 0 Å². The van der Waals surface area contributed by atoms with Gasteiger partial charge in [0.1, 0.15) is 5.82 Å². The van der Waals surface area contributed by atoms with Crippen LogP contribution in [-0.4, -0.2) is 36.9 Å². The highest BCUT2D eigenvalue weighted by atomic mass is 16.2. The third kappa shape index (κ3) is 2.47. The monoisotopic (exact) mass is 400 g/mol. The fraction of sp³-hybridized carbons (Fsp3) is 0.435. The summed E-state index contributed by atoms with van der Waals surface area (Å²) in [6.07, 6.45) is 10.9. The molecule has 30 heavy (non-hydrogen) atoms. The van der Waals surface area contributed by atoms with E-state index in [1.807, 2.05) is 31.7 Å². The second-order valence-corrected chi connectivity index (χ2v) is 9.44. The number of aryl methyl sites for hydroxylation is 2. The van der Waals surface area contributed by atoms with Crippen LogP contribution in [0.15, 0.2) is 41.9 Å². The average molecular weight is 400 g/mol. The van der Waals surface area contributed by atoms with Crippen molar-refractivity contribution in [3.05, 3.63) is 53.7 Å². The lowest BCUT2D eigenvalue weighted by Gasteiger charge is -2.69. The Labute approximate surface area is 174 Å². The molecule has 3 fully saturated rings. The fourth-order valence-electron chi connectivity index (χ4n) is 5.75. The van der Waals surface area contributed by atoms with Gasteiger partial charge in [0.05, 0.1) is 23.2 Å². The number of hydrogen-bond acceptors (Lipinski definition) is 5. The van der Waals surface area contributed by atoms with Gasteiger partial charge in [0.2, 0.25) is 5.91 Å². The molecule has 0 saturated heterocycles. The Balaban J connectivity index is 1.17. The van der Waals surface area contributed by atoms with Crippen LogP contribution in [0.3, 0.4) is 0 Å². The van der Waals surface area contributed by atoms with E-state index >= 15 is 0 Å². The number of amides is 1. The molecular weight excluding hydrogens is 376 g/mol. The molecule has 1 atom stereocenters. The molecule has 7 nitrogen and oxygen atoms in total. The van der Waals surface area contributed by atoms with Gasteiger partial charge < -0.3 is 0 Å². The third-order valence-corrected chi connectivity index (χ3v) is 7.10. The maximum Gasteiger partial charge on any atom is 0.249 e. The van der Waals surface area contributed by atoms with Gasteiger partial charge in [-0.25, -0.2) is 15.0 Å². The second-order valence-electron chi connectivity index (χ2n) is 9.44. The van der Waals surface area contributed by atoms with Crippen molar-refractivity contribution in [3.63, 3.8) is 0 Å². The summed E-state index contributed by atoms with van der Waals surface area (Å²) in [4.78, 5) is 22.0. The second kappa shape index (κ2) is 5.97. The van der Waals surface area contributed by atoms with Crippen molar-refractivity contribution in [2.45, 2.75) is 52.1 Å². The molecule has 152 valence electrons. The van der Waals surface area contributed by atoms with E-state index in [0.717, 1.165) is 43.6 Å². The number of nitrogens with zero attached hydrogens (tertiary/aromatic N) is 6. The van der Waals surface area contributed by atoms with E-state index in [0.29, 0.717) is 0 Å². The Morgan fingerprint density at radius 1 is 1.13 bits per heavy atom. The van der Waals surface area contributed by atoms with Crippen molar-refractivity contribution >= 4 is 23.0 Å². The summed E-state index contributed by atoms with van der Waals surface area (Å²) in [5.74, 6) is 0.892. The lowest BCUT2D eigenvalue weighted by atomic mass is 9.34. The third-order valence-electron chi connectivity index (χ3n) is 7.10. The van der Waals surface area contributed by atoms with E-state index in [1.165, 1.54) is 16.5 Å². The fourth-order valence-corrected chi connectivity index (χ4v) is 5.75. The number of hydrazone groups is 1. The number of carbonyl (C=O) groups excluding carboxylic acids is 1. The highest BCUT2D eigenvalue weighted by Crippen LogP contribution is 2.74. The number of aromatic nitrogens is 4. The highest BCUT2D eigenvalue weighted by Gasteiger charge is 2.72. The van der Waals surface area contributed by atoms with E-state index < -0.39 is 0 Å².